The Morgan fingerprint density at radius 1 is 1.16 bits per heavy atom. The average molecular weight is 283 g/mol. The van der Waals surface area contributed by atoms with Gasteiger partial charge in [0.25, 0.3) is 6.43 Å². The van der Waals surface area contributed by atoms with E-state index in [4.69, 9.17) is 17.3 Å². The molecule has 0 bridgehead atoms. The van der Waals surface area contributed by atoms with Gasteiger partial charge in [0, 0.05) is 27.6 Å². The molecule has 2 aromatic rings. The summed E-state index contributed by atoms with van der Waals surface area (Å²) in [4.78, 5) is 0. The second-order valence-electron chi connectivity index (χ2n) is 4.24. The normalized spacial score (nSPS) is 10.8. The summed E-state index contributed by atoms with van der Waals surface area (Å²) in [5.74, 6) is 0. The number of anilines is 3. The van der Waals surface area contributed by atoms with E-state index in [1.807, 2.05) is 13.0 Å². The van der Waals surface area contributed by atoms with Gasteiger partial charge < -0.3 is 11.1 Å². The second kappa shape index (κ2) is 5.45. The fourth-order valence-corrected chi connectivity index (χ4v) is 1.88. The van der Waals surface area contributed by atoms with Crippen LogP contribution in [-0.4, -0.2) is 0 Å². The molecule has 2 aromatic carbocycles. The molecule has 2 rings (SSSR count). The molecule has 0 unspecified atom stereocenters. The highest BCUT2D eigenvalue weighted by molar-refractivity contribution is 6.31. The van der Waals surface area contributed by atoms with Gasteiger partial charge in [-0.3, -0.25) is 0 Å². The first-order chi connectivity index (χ1) is 8.97. The zero-order valence-electron chi connectivity index (χ0n) is 10.3. The molecule has 0 radical (unpaired) electrons. The van der Waals surface area contributed by atoms with E-state index in [-0.39, 0.29) is 5.56 Å². The fourth-order valence-electron chi connectivity index (χ4n) is 1.70. The fraction of sp³-hybridized carbons (Fsp3) is 0.143. The molecule has 0 atom stereocenters. The number of nitrogens with one attached hydrogen (secondary N) is 1. The molecule has 0 saturated heterocycles. The molecule has 0 fully saturated rings. The maximum atomic E-state index is 12.9. The summed E-state index contributed by atoms with van der Waals surface area (Å²) >= 11 is 6.00. The molecule has 0 aliphatic heterocycles. The Bertz CT molecular complexity index is 600. The van der Waals surface area contributed by atoms with Crippen molar-refractivity contribution in [3.63, 3.8) is 0 Å². The smallest absolute Gasteiger partial charge is 0.265 e. The van der Waals surface area contributed by atoms with Crippen LogP contribution in [0, 0.1) is 6.92 Å². The quantitative estimate of drug-likeness (QED) is 0.785. The van der Waals surface area contributed by atoms with Gasteiger partial charge in [-0.25, -0.2) is 8.78 Å². The minimum absolute atomic E-state index is 0.128. The van der Waals surface area contributed by atoms with Crippen LogP contribution in [0.25, 0.3) is 0 Å². The molecule has 0 aliphatic rings. The first-order valence-electron chi connectivity index (χ1n) is 5.68. The number of hydrogen-bond acceptors (Lipinski definition) is 2. The lowest BCUT2D eigenvalue weighted by Crippen LogP contribution is -1.98. The van der Waals surface area contributed by atoms with Gasteiger partial charge in [0.1, 0.15) is 0 Å². The zero-order chi connectivity index (χ0) is 14.0. The van der Waals surface area contributed by atoms with E-state index in [0.717, 1.165) is 5.56 Å². The monoisotopic (exact) mass is 282 g/mol. The van der Waals surface area contributed by atoms with Crippen LogP contribution in [0.4, 0.5) is 25.8 Å². The summed E-state index contributed by atoms with van der Waals surface area (Å²) in [6, 6.07) is 9.68. The molecule has 0 spiro atoms. The van der Waals surface area contributed by atoms with Gasteiger partial charge in [-0.05, 0) is 42.8 Å². The molecule has 3 N–H and O–H groups in total. The van der Waals surface area contributed by atoms with E-state index in [2.05, 4.69) is 5.32 Å². The van der Waals surface area contributed by atoms with Crippen LogP contribution in [0.5, 0.6) is 0 Å². The van der Waals surface area contributed by atoms with Crippen LogP contribution in [0.2, 0.25) is 5.02 Å². The number of benzene rings is 2. The van der Waals surface area contributed by atoms with Gasteiger partial charge in [0.05, 0.1) is 0 Å². The maximum Gasteiger partial charge on any atom is 0.265 e. The van der Waals surface area contributed by atoms with Crippen LogP contribution in [0.1, 0.15) is 17.6 Å². The summed E-state index contributed by atoms with van der Waals surface area (Å²) in [6.45, 7) is 1.87. The van der Waals surface area contributed by atoms with Crippen molar-refractivity contribution in [3.05, 3.63) is 52.5 Å². The third-order valence-corrected chi connectivity index (χ3v) is 3.17. The van der Waals surface area contributed by atoms with Gasteiger partial charge >= 0.3 is 0 Å². The standard InChI is InChI=1S/C14H13ClF2N2/c1-8-2-4-10(7-12(8)15)19-13-5-3-9(18)6-11(13)14(16)17/h2-7,14,19H,18H2,1H3. The first kappa shape index (κ1) is 13.6. The van der Waals surface area contributed by atoms with Crippen molar-refractivity contribution in [3.8, 4) is 0 Å². The van der Waals surface area contributed by atoms with Crippen molar-refractivity contribution in [1.29, 1.82) is 0 Å². The van der Waals surface area contributed by atoms with Gasteiger partial charge in [-0.15, -0.1) is 0 Å². The summed E-state index contributed by atoms with van der Waals surface area (Å²) in [7, 11) is 0. The summed E-state index contributed by atoms with van der Waals surface area (Å²) in [6.07, 6.45) is -2.59. The van der Waals surface area contributed by atoms with Crippen LogP contribution < -0.4 is 11.1 Å². The summed E-state index contributed by atoms with van der Waals surface area (Å²) < 4.78 is 25.9. The number of alkyl halides is 2. The Morgan fingerprint density at radius 2 is 1.89 bits per heavy atom. The molecule has 0 aromatic heterocycles. The number of aryl methyl sites for hydroxylation is 1. The maximum absolute atomic E-state index is 12.9. The lowest BCUT2D eigenvalue weighted by Gasteiger charge is -2.13. The number of rotatable bonds is 3. The Morgan fingerprint density at radius 3 is 2.53 bits per heavy atom. The highest BCUT2D eigenvalue weighted by Gasteiger charge is 2.13. The molecule has 0 amide bonds. The van der Waals surface area contributed by atoms with Crippen LogP contribution >= 0.6 is 11.6 Å². The van der Waals surface area contributed by atoms with Crippen LogP contribution in [-0.2, 0) is 0 Å². The van der Waals surface area contributed by atoms with Crippen molar-refractivity contribution < 1.29 is 8.78 Å². The number of hydrogen-bond donors (Lipinski definition) is 2. The van der Waals surface area contributed by atoms with Crippen LogP contribution in [0.3, 0.4) is 0 Å². The van der Waals surface area contributed by atoms with E-state index in [1.165, 1.54) is 12.1 Å². The number of halogens is 3. The van der Waals surface area contributed by atoms with E-state index in [9.17, 15) is 8.78 Å². The molecular formula is C14H13ClF2N2. The van der Waals surface area contributed by atoms with Crippen LogP contribution in [0.15, 0.2) is 36.4 Å². The van der Waals surface area contributed by atoms with Gasteiger partial charge in [0.2, 0.25) is 0 Å². The average Bonchev–Trinajstić information content (AvgIpc) is 2.36. The number of nitrogen functional groups attached to an aromatic ring is 1. The highest BCUT2D eigenvalue weighted by atomic mass is 35.5. The molecular weight excluding hydrogens is 270 g/mol. The van der Waals surface area contributed by atoms with Crippen molar-refractivity contribution in [2.75, 3.05) is 11.1 Å². The van der Waals surface area contributed by atoms with Crippen molar-refractivity contribution >= 4 is 28.7 Å². The largest absolute Gasteiger partial charge is 0.399 e. The topological polar surface area (TPSA) is 38.0 Å². The summed E-state index contributed by atoms with van der Waals surface area (Å²) in [5, 5.41) is 3.51. The van der Waals surface area contributed by atoms with E-state index in [1.54, 1.807) is 18.2 Å². The van der Waals surface area contributed by atoms with Crippen molar-refractivity contribution in [2.24, 2.45) is 0 Å². The Labute approximate surface area is 115 Å². The molecule has 2 nitrogen and oxygen atoms in total. The van der Waals surface area contributed by atoms with Crippen molar-refractivity contribution in [2.45, 2.75) is 13.3 Å². The minimum Gasteiger partial charge on any atom is -0.399 e. The van der Waals surface area contributed by atoms with Crippen molar-refractivity contribution in [1.82, 2.24) is 0 Å². The molecule has 5 heteroatoms. The molecule has 100 valence electrons. The third-order valence-electron chi connectivity index (χ3n) is 2.76. The predicted octanol–water partition coefficient (Wildman–Crippen LogP) is 4.91. The van der Waals surface area contributed by atoms with Gasteiger partial charge in [-0.1, -0.05) is 17.7 Å². The zero-order valence-corrected chi connectivity index (χ0v) is 11.0. The van der Waals surface area contributed by atoms with Gasteiger partial charge in [0.15, 0.2) is 0 Å². The molecule has 0 aliphatic carbocycles. The van der Waals surface area contributed by atoms with E-state index < -0.39 is 6.43 Å². The van der Waals surface area contributed by atoms with E-state index >= 15 is 0 Å². The highest BCUT2D eigenvalue weighted by Crippen LogP contribution is 2.32. The van der Waals surface area contributed by atoms with Gasteiger partial charge in [-0.2, -0.15) is 0 Å². The van der Waals surface area contributed by atoms with E-state index in [0.29, 0.717) is 22.1 Å². The lowest BCUT2D eigenvalue weighted by atomic mass is 10.1. The third kappa shape index (κ3) is 3.15. The summed E-state index contributed by atoms with van der Waals surface area (Å²) in [5.41, 5.74) is 7.61. The second-order valence-corrected chi connectivity index (χ2v) is 4.64. The molecule has 0 saturated carbocycles. The molecule has 0 heterocycles. The Balaban J connectivity index is 2.35. The predicted molar refractivity (Wildman–Crippen MR) is 75.3 cm³/mol. The molecule has 19 heavy (non-hydrogen) atoms. The lowest BCUT2D eigenvalue weighted by molar-refractivity contribution is 0.152. The SMILES string of the molecule is Cc1ccc(Nc2ccc(N)cc2C(F)F)cc1Cl. The Hall–Kier alpha value is -1.81. The number of nitrogens with two attached hydrogens (primary N) is 1. The Kier molecular flexibility index (Phi) is 3.90. The minimum atomic E-state index is -2.59. The first-order valence-corrected chi connectivity index (χ1v) is 6.06.